The van der Waals surface area contributed by atoms with Crippen molar-refractivity contribution in [2.75, 3.05) is 5.32 Å². The highest BCUT2D eigenvalue weighted by molar-refractivity contribution is 6.32. The molecule has 1 unspecified atom stereocenters. The molecule has 0 spiro atoms. The van der Waals surface area contributed by atoms with Crippen LogP contribution in [0.3, 0.4) is 0 Å². The zero-order chi connectivity index (χ0) is 15.0. The number of nitrogens with zero attached hydrogens (tertiary/aromatic N) is 1. The maximum atomic E-state index is 13.9. The molecular formula is C15H9Cl2FN2O. The summed E-state index contributed by atoms with van der Waals surface area (Å²) in [6.45, 7) is 0. The second-order valence-corrected chi connectivity index (χ2v) is 5.37. The van der Waals surface area contributed by atoms with Gasteiger partial charge in [0.1, 0.15) is 0 Å². The van der Waals surface area contributed by atoms with Crippen LogP contribution >= 0.6 is 23.2 Å². The lowest BCUT2D eigenvalue weighted by Gasteiger charge is -2.10. The summed E-state index contributed by atoms with van der Waals surface area (Å²) in [4.78, 5) is 15.5. The van der Waals surface area contributed by atoms with E-state index in [1.807, 2.05) is 0 Å². The molecule has 6 heteroatoms. The molecular weight excluding hydrogens is 314 g/mol. The Balaban J connectivity index is 2.21. The van der Waals surface area contributed by atoms with Gasteiger partial charge in [0.2, 0.25) is 0 Å². The van der Waals surface area contributed by atoms with Crippen LogP contribution < -0.4 is 5.32 Å². The maximum Gasteiger partial charge on any atom is 0.281 e. The predicted octanol–water partition coefficient (Wildman–Crippen LogP) is 4.08. The van der Waals surface area contributed by atoms with Gasteiger partial charge in [-0.15, -0.1) is 0 Å². The smallest absolute Gasteiger partial charge is 0.281 e. The first kappa shape index (κ1) is 14.0. The van der Waals surface area contributed by atoms with Gasteiger partial charge in [-0.3, -0.25) is 4.79 Å². The topological polar surface area (TPSA) is 41.5 Å². The Kier molecular flexibility index (Phi) is 3.66. The summed E-state index contributed by atoms with van der Waals surface area (Å²) in [5.41, 5.74) is 2.05. The van der Waals surface area contributed by atoms with Crippen LogP contribution in [0.15, 0.2) is 47.5 Å². The molecule has 0 radical (unpaired) electrons. The first-order valence-corrected chi connectivity index (χ1v) is 6.89. The van der Waals surface area contributed by atoms with Gasteiger partial charge in [0.15, 0.2) is 0 Å². The summed E-state index contributed by atoms with van der Waals surface area (Å²) < 4.78 is 13.9. The fourth-order valence-corrected chi connectivity index (χ4v) is 2.39. The van der Waals surface area contributed by atoms with Gasteiger partial charge < -0.3 is 5.32 Å². The molecule has 3 rings (SSSR count). The van der Waals surface area contributed by atoms with Crippen LogP contribution in [0.5, 0.6) is 0 Å². The van der Waals surface area contributed by atoms with E-state index in [2.05, 4.69) is 10.3 Å². The predicted molar refractivity (Wildman–Crippen MR) is 82.1 cm³/mol. The lowest BCUT2D eigenvalue weighted by atomic mass is 10.0. The molecule has 0 aliphatic carbocycles. The van der Waals surface area contributed by atoms with Crippen LogP contribution in [-0.2, 0) is 4.79 Å². The van der Waals surface area contributed by atoms with E-state index in [1.54, 1.807) is 42.5 Å². The van der Waals surface area contributed by atoms with Gasteiger partial charge in [-0.05, 0) is 30.3 Å². The van der Waals surface area contributed by atoms with Gasteiger partial charge in [0, 0.05) is 21.2 Å². The Bertz CT molecular complexity index is 744. The molecule has 106 valence electrons. The Morgan fingerprint density at radius 3 is 2.43 bits per heavy atom. The summed E-state index contributed by atoms with van der Waals surface area (Å²) >= 11 is 11.9. The van der Waals surface area contributed by atoms with E-state index in [0.29, 0.717) is 32.6 Å². The fraction of sp³-hybridized carbons (Fsp3) is 0.0667. The van der Waals surface area contributed by atoms with Crippen LogP contribution in [0, 0.1) is 0 Å². The minimum absolute atomic E-state index is 0.356. The SMILES string of the molecule is O=C1Nc2ccc(Cl)cc2C(c2ccc(Cl)cc2)=NC1F. The van der Waals surface area contributed by atoms with Crippen molar-refractivity contribution >= 4 is 40.5 Å². The lowest BCUT2D eigenvalue weighted by Crippen LogP contribution is -2.21. The van der Waals surface area contributed by atoms with Crippen LogP contribution in [0.2, 0.25) is 10.0 Å². The minimum atomic E-state index is -1.97. The largest absolute Gasteiger partial charge is 0.321 e. The lowest BCUT2D eigenvalue weighted by molar-refractivity contribution is -0.120. The average molecular weight is 323 g/mol. The van der Waals surface area contributed by atoms with E-state index >= 15 is 0 Å². The van der Waals surface area contributed by atoms with E-state index in [9.17, 15) is 9.18 Å². The molecule has 3 nitrogen and oxygen atoms in total. The molecule has 1 aliphatic heterocycles. The molecule has 2 aromatic carbocycles. The first-order chi connectivity index (χ1) is 10.0. The van der Waals surface area contributed by atoms with Crippen molar-refractivity contribution in [3.63, 3.8) is 0 Å². The van der Waals surface area contributed by atoms with Crippen LogP contribution in [0.1, 0.15) is 11.1 Å². The van der Waals surface area contributed by atoms with Crippen molar-refractivity contribution in [1.29, 1.82) is 0 Å². The highest BCUT2D eigenvalue weighted by Gasteiger charge is 2.25. The highest BCUT2D eigenvalue weighted by Crippen LogP contribution is 2.27. The molecule has 1 amide bonds. The molecule has 1 N–H and O–H groups in total. The number of alkyl halides is 1. The molecule has 1 heterocycles. The molecule has 1 atom stereocenters. The standard InChI is InChI=1S/C15H9Cl2FN2O/c16-9-3-1-8(2-4-9)13-11-7-10(17)5-6-12(11)19-15(21)14(18)20-13/h1-7,14H,(H,19,21). The monoisotopic (exact) mass is 322 g/mol. The molecule has 0 saturated carbocycles. The van der Waals surface area contributed by atoms with E-state index in [4.69, 9.17) is 23.2 Å². The third kappa shape index (κ3) is 2.77. The number of fused-ring (bicyclic) bond motifs is 1. The normalized spacial score (nSPS) is 17.6. The number of amides is 1. The van der Waals surface area contributed by atoms with Crippen LogP contribution in [0.4, 0.5) is 10.1 Å². The third-order valence-electron chi connectivity index (χ3n) is 3.07. The summed E-state index contributed by atoms with van der Waals surface area (Å²) in [6, 6.07) is 11.7. The Morgan fingerprint density at radius 1 is 1.05 bits per heavy atom. The molecule has 21 heavy (non-hydrogen) atoms. The summed E-state index contributed by atoms with van der Waals surface area (Å²) in [7, 11) is 0. The number of halogens is 3. The molecule has 2 aromatic rings. The molecule has 0 aromatic heterocycles. The van der Waals surface area contributed by atoms with E-state index in [0.717, 1.165) is 0 Å². The number of anilines is 1. The van der Waals surface area contributed by atoms with E-state index in [-0.39, 0.29) is 0 Å². The Morgan fingerprint density at radius 2 is 1.71 bits per heavy atom. The van der Waals surface area contributed by atoms with Crippen molar-refractivity contribution in [2.45, 2.75) is 6.30 Å². The van der Waals surface area contributed by atoms with Crippen molar-refractivity contribution in [1.82, 2.24) is 0 Å². The van der Waals surface area contributed by atoms with Gasteiger partial charge in [0.25, 0.3) is 12.2 Å². The van der Waals surface area contributed by atoms with Gasteiger partial charge in [-0.2, -0.15) is 0 Å². The highest BCUT2D eigenvalue weighted by atomic mass is 35.5. The maximum absolute atomic E-state index is 13.9. The van der Waals surface area contributed by atoms with Crippen molar-refractivity contribution in [3.8, 4) is 0 Å². The van der Waals surface area contributed by atoms with Gasteiger partial charge in [-0.25, -0.2) is 9.38 Å². The van der Waals surface area contributed by atoms with Gasteiger partial charge >= 0.3 is 0 Å². The van der Waals surface area contributed by atoms with E-state index in [1.165, 1.54) is 0 Å². The van der Waals surface area contributed by atoms with Gasteiger partial charge in [-0.1, -0.05) is 35.3 Å². The number of nitrogens with one attached hydrogen (secondary N) is 1. The van der Waals surface area contributed by atoms with Crippen LogP contribution in [-0.4, -0.2) is 17.9 Å². The number of hydrogen-bond donors (Lipinski definition) is 1. The average Bonchev–Trinajstić information content (AvgIpc) is 2.58. The number of hydrogen-bond acceptors (Lipinski definition) is 2. The number of carbonyl (C=O) groups is 1. The van der Waals surface area contributed by atoms with Crippen molar-refractivity contribution in [3.05, 3.63) is 63.6 Å². The molecule has 0 fully saturated rings. The molecule has 0 saturated heterocycles. The fourth-order valence-electron chi connectivity index (χ4n) is 2.09. The summed E-state index contributed by atoms with van der Waals surface area (Å²) in [5, 5.41) is 3.53. The number of rotatable bonds is 1. The van der Waals surface area contributed by atoms with E-state index < -0.39 is 12.2 Å². The summed E-state index contributed by atoms with van der Waals surface area (Å²) in [5.74, 6) is -0.803. The minimum Gasteiger partial charge on any atom is -0.321 e. The van der Waals surface area contributed by atoms with Gasteiger partial charge in [0.05, 0.1) is 11.4 Å². The summed E-state index contributed by atoms with van der Waals surface area (Å²) in [6.07, 6.45) is -1.97. The third-order valence-corrected chi connectivity index (χ3v) is 3.56. The molecule has 1 aliphatic rings. The number of benzene rings is 2. The number of carbonyl (C=O) groups excluding carboxylic acids is 1. The zero-order valence-corrected chi connectivity index (χ0v) is 12.1. The van der Waals surface area contributed by atoms with Crippen molar-refractivity contribution < 1.29 is 9.18 Å². The second-order valence-electron chi connectivity index (χ2n) is 4.50. The Labute approximate surface area is 130 Å². The second kappa shape index (κ2) is 5.47. The number of benzodiazepines with no additional fused rings is 1. The molecule has 0 bridgehead atoms. The zero-order valence-electron chi connectivity index (χ0n) is 10.6. The number of aliphatic imine (C=N–C) groups is 1. The van der Waals surface area contributed by atoms with Crippen LogP contribution in [0.25, 0.3) is 0 Å². The first-order valence-electron chi connectivity index (χ1n) is 6.13. The van der Waals surface area contributed by atoms with Crippen molar-refractivity contribution in [2.24, 2.45) is 4.99 Å². The quantitative estimate of drug-likeness (QED) is 0.790. The Hall–Kier alpha value is -1.91.